The van der Waals surface area contributed by atoms with Crippen LogP contribution in [-0.2, 0) is 9.63 Å². The lowest BCUT2D eigenvalue weighted by Gasteiger charge is -2.20. The van der Waals surface area contributed by atoms with Crippen LogP contribution in [0.3, 0.4) is 0 Å². The van der Waals surface area contributed by atoms with E-state index in [-0.39, 0.29) is 6.42 Å². The van der Waals surface area contributed by atoms with Gasteiger partial charge in [-0.05, 0) is 6.42 Å². The van der Waals surface area contributed by atoms with Crippen molar-refractivity contribution >= 4 is 12.0 Å². The Morgan fingerprint density at radius 1 is 1.71 bits per heavy atom. The van der Waals surface area contributed by atoms with E-state index in [2.05, 4.69) is 16.7 Å². The number of hydrogen-bond donors (Lipinski definition) is 2. The van der Waals surface area contributed by atoms with Gasteiger partial charge in [-0.1, -0.05) is 6.08 Å². The van der Waals surface area contributed by atoms with Gasteiger partial charge in [-0.2, -0.15) is 0 Å². The van der Waals surface area contributed by atoms with Gasteiger partial charge in [0, 0.05) is 7.05 Å². The van der Waals surface area contributed by atoms with Crippen molar-refractivity contribution < 1.29 is 19.5 Å². The molecule has 0 saturated heterocycles. The number of rotatable bonds is 5. The van der Waals surface area contributed by atoms with Crippen molar-refractivity contribution in [2.45, 2.75) is 12.5 Å². The molecule has 0 aliphatic carbocycles. The summed E-state index contributed by atoms with van der Waals surface area (Å²) in [6.45, 7) is 3.43. The van der Waals surface area contributed by atoms with Crippen molar-refractivity contribution in [2.24, 2.45) is 0 Å². The molecule has 0 heterocycles. The number of nitrogens with one attached hydrogen (secondary N) is 1. The molecule has 6 nitrogen and oxygen atoms in total. The molecule has 80 valence electrons. The Morgan fingerprint density at radius 3 is 2.64 bits per heavy atom. The molecule has 0 saturated carbocycles. The van der Waals surface area contributed by atoms with Crippen LogP contribution in [0.5, 0.6) is 0 Å². The number of carbonyl (C=O) groups excluding carboxylic acids is 1. The zero-order valence-corrected chi connectivity index (χ0v) is 8.19. The van der Waals surface area contributed by atoms with Gasteiger partial charge in [0.05, 0.1) is 7.11 Å². The lowest BCUT2D eigenvalue weighted by Crippen LogP contribution is -2.46. The number of amides is 2. The average molecular weight is 202 g/mol. The molecule has 0 aliphatic rings. The van der Waals surface area contributed by atoms with E-state index in [9.17, 15) is 9.59 Å². The molecule has 1 atom stereocenters. The average Bonchev–Trinajstić information content (AvgIpc) is 2.14. The Morgan fingerprint density at radius 2 is 2.29 bits per heavy atom. The van der Waals surface area contributed by atoms with Crippen LogP contribution in [0.25, 0.3) is 0 Å². The highest BCUT2D eigenvalue weighted by Gasteiger charge is 2.22. The highest BCUT2D eigenvalue weighted by atomic mass is 16.7. The number of hydrogen-bond acceptors (Lipinski definition) is 3. The maximum absolute atomic E-state index is 11.4. The van der Waals surface area contributed by atoms with Gasteiger partial charge in [-0.3, -0.25) is 9.63 Å². The quantitative estimate of drug-likeness (QED) is 0.493. The SMILES string of the molecule is C=CCC(NC(=O)O)C(=O)N(C)OC. The van der Waals surface area contributed by atoms with Crippen LogP contribution < -0.4 is 5.32 Å². The van der Waals surface area contributed by atoms with Crippen molar-refractivity contribution in [2.75, 3.05) is 14.2 Å². The normalized spacial score (nSPS) is 11.6. The molecule has 6 heteroatoms. The summed E-state index contributed by atoms with van der Waals surface area (Å²) >= 11 is 0. The molecule has 0 aromatic carbocycles. The number of nitrogens with zero attached hydrogens (tertiary/aromatic N) is 1. The third kappa shape index (κ3) is 3.90. The Hall–Kier alpha value is -1.56. The number of carboxylic acid groups (broad SMARTS) is 1. The van der Waals surface area contributed by atoms with Gasteiger partial charge in [0.25, 0.3) is 5.91 Å². The summed E-state index contributed by atoms with van der Waals surface area (Å²) < 4.78 is 0. The van der Waals surface area contributed by atoms with Gasteiger partial charge in [-0.15, -0.1) is 6.58 Å². The van der Waals surface area contributed by atoms with Gasteiger partial charge in [-0.25, -0.2) is 9.86 Å². The minimum atomic E-state index is -1.25. The summed E-state index contributed by atoms with van der Waals surface area (Å²) in [4.78, 5) is 26.4. The highest BCUT2D eigenvalue weighted by Crippen LogP contribution is 1.98. The molecule has 0 spiro atoms. The molecule has 0 bridgehead atoms. The third-order valence-electron chi connectivity index (χ3n) is 1.58. The predicted octanol–water partition coefficient (Wildman–Crippen LogP) is 0.218. The molecule has 0 rings (SSSR count). The minimum absolute atomic E-state index is 0.221. The number of carbonyl (C=O) groups is 2. The second kappa shape index (κ2) is 5.98. The predicted molar refractivity (Wildman–Crippen MR) is 49.5 cm³/mol. The Labute approximate surface area is 82.1 Å². The fourth-order valence-electron chi connectivity index (χ4n) is 0.847. The molecule has 0 fully saturated rings. The first-order chi connectivity index (χ1) is 6.52. The van der Waals surface area contributed by atoms with E-state index >= 15 is 0 Å². The van der Waals surface area contributed by atoms with E-state index in [1.165, 1.54) is 20.2 Å². The van der Waals surface area contributed by atoms with Crippen LogP contribution >= 0.6 is 0 Å². The maximum Gasteiger partial charge on any atom is 0.405 e. The molecule has 0 aromatic rings. The van der Waals surface area contributed by atoms with Crippen molar-refractivity contribution in [1.29, 1.82) is 0 Å². The van der Waals surface area contributed by atoms with Gasteiger partial charge in [0.1, 0.15) is 6.04 Å². The van der Waals surface area contributed by atoms with Crippen LogP contribution in [0.15, 0.2) is 12.7 Å². The first kappa shape index (κ1) is 12.4. The highest BCUT2D eigenvalue weighted by molar-refractivity contribution is 5.84. The van der Waals surface area contributed by atoms with Crippen molar-refractivity contribution in [1.82, 2.24) is 10.4 Å². The number of hydroxylamine groups is 2. The summed E-state index contributed by atoms with van der Waals surface area (Å²) in [5.74, 6) is -0.463. The van der Waals surface area contributed by atoms with Crippen molar-refractivity contribution in [3.63, 3.8) is 0 Å². The molecule has 0 radical (unpaired) electrons. The van der Waals surface area contributed by atoms with E-state index in [1.807, 2.05) is 0 Å². The van der Waals surface area contributed by atoms with Gasteiger partial charge in [0.15, 0.2) is 0 Å². The van der Waals surface area contributed by atoms with Crippen LogP contribution in [0.2, 0.25) is 0 Å². The standard InChI is InChI=1S/C8H14N2O4/c1-4-5-6(9-8(12)13)7(11)10(2)14-3/h4,6,9H,1,5H2,2-3H3,(H,12,13). The lowest BCUT2D eigenvalue weighted by atomic mass is 10.2. The van der Waals surface area contributed by atoms with Crippen LogP contribution in [0.1, 0.15) is 6.42 Å². The Kier molecular flexibility index (Phi) is 5.31. The summed E-state index contributed by atoms with van der Waals surface area (Å²) in [6, 6.07) is -0.852. The minimum Gasteiger partial charge on any atom is -0.465 e. The van der Waals surface area contributed by atoms with E-state index in [4.69, 9.17) is 5.11 Å². The summed E-state index contributed by atoms with van der Waals surface area (Å²) in [5.41, 5.74) is 0. The molecular weight excluding hydrogens is 188 g/mol. The zero-order valence-electron chi connectivity index (χ0n) is 8.19. The van der Waals surface area contributed by atoms with Gasteiger partial charge in [0.2, 0.25) is 0 Å². The third-order valence-corrected chi connectivity index (χ3v) is 1.58. The van der Waals surface area contributed by atoms with Crippen molar-refractivity contribution in [3.8, 4) is 0 Å². The first-order valence-corrected chi connectivity index (χ1v) is 3.95. The molecule has 2 amide bonds. The van der Waals surface area contributed by atoms with Crippen LogP contribution in [0, 0.1) is 0 Å². The Balaban J connectivity index is 4.39. The fourth-order valence-corrected chi connectivity index (χ4v) is 0.847. The molecule has 14 heavy (non-hydrogen) atoms. The lowest BCUT2D eigenvalue weighted by molar-refractivity contribution is -0.170. The first-order valence-electron chi connectivity index (χ1n) is 3.95. The number of likely N-dealkylation sites (N-methyl/N-ethyl adjacent to an activating group) is 1. The van der Waals surface area contributed by atoms with Gasteiger partial charge >= 0.3 is 6.09 Å². The Bertz CT molecular complexity index is 229. The van der Waals surface area contributed by atoms with E-state index in [0.29, 0.717) is 0 Å². The molecule has 2 N–H and O–H groups in total. The van der Waals surface area contributed by atoms with Crippen molar-refractivity contribution in [3.05, 3.63) is 12.7 Å². The molecule has 1 unspecified atom stereocenters. The molecular formula is C8H14N2O4. The smallest absolute Gasteiger partial charge is 0.405 e. The topological polar surface area (TPSA) is 78.9 Å². The monoisotopic (exact) mass is 202 g/mol. The molecule has 0 aromatic heterocycles. The molecule has 0 aliphatic heterocycles. The zero-order chi connectivity index (χ0) is 11.1. The van der Waals surface area contributed by atoms with E-state index < -0.39 is 18.0 Å². The summed E-state index contributed by atoms with van der Waals surface area (Å²) in [7, 11) is 2.73. The van der Waals surface area contributed by atoms with Crippen LogP contribution in [-0.4, -0.2) is 42.4 Å². The fraction of sp³-hybridized carbons (Fsp3) is 0.500. The maximum atomic E-state index is 11.4. The van der Waals surface area contributed by atoms with Crippen LogP contribution in [0.4, 0.5) is 4.79 Å². The largest absolute Gasteiger partial charge is 0.465 e. The van der Waals surface area contributed by atoms with Gasteiger partial charge < -0.3 is 10.4 Å². The van der Waals surface area contributed by atoms with E-state index in [0.717, 1.165) is 5.06 Å². The summed E-state index contributed by atoms with van der Waals surface area (Å²) in [5, 5.41) is 11.5. The second-order valence-corrected chi connectivity index (χ2v) is 2.54. The summed E-state index contributed by atoms with van der Waals surface area (Å²) in [6.07, 6.45) is 0.426. The van der Waals surface area contributed by atoms with E-state index in [1.54, 1.807) is 0 Å². The second-order valence-electron chi connectivity index (χ2n) is 2.54.